The fourth-order valence-electron chi connectivity index (χ4n) is 2.76. The van der Waals surface area contributed by atoms with Gasteiger partial charge in [0.1, 0.15) is 0 Å². The third-order valence-electron chi connectivity index (χ3n) is 4.04. The van der Waals surface area contributed by atoms with E-state index in [9.17, 15) is 14.4 Å². The molecule has 0 aliphatic carbocycles. The minimum Gasteiger partial charge on any atom is -0.408 e. The number of hydrogen-bond acceptors (Lipinski definition) is 4. The molecule has 23 heavy (non-hydrogen) atoms. The van der Waals surface area contributed by atoms with Crippen molar-refractivity contribution in [2.45, 2.75) is 13.8 Å². The van der Waals surface area contributed by atoms with Gasteiger partial charge in [-0.1, -0.05) is 13.8 Å². The molecule has 7 nitrogen and oxygen atoms in total. The molecule has 2 heterocycles. The molecule has 1 fully saturated rings. The Morgan fingerprint density at radius 1 is 1.13 bits per heavy atom. The lowest BCUT2D eigenvalue weighted by Gasteiger charge is -2.35. The number of H-pyrrole nitrogens is 1. The van der Waals surface area contributed by atoms with Crippen molar-refractivity contribution in [2.24, 2.45) is 5.92 Å². The molecular weight excluding hydrogens is 298 g/mol. The number of fused-ring (bicyclic) bond motifs is 1. The minimum atomic E-state index is -0.537. The summed E-state index contributed by atoms with van der Waals surface area (Å²) in [5.74, 6) is -0.553. The van der Waals surface area contributed by atoms with Crippen LogP contribution in [0.1, 0.15) is 24.2 Å². The van der Waals surface area contributed by atoms with Gasteiger partial charge in [0.25, 0.3) is 5.91 Å². The number of rotatable bonds is 2. The van der Waals surface area contributed by atoms with Gasteiger partial charge in [0, 0.05) is 37.7 Å². The van der Waals surface area contributed by atoms with Crippen LogP contribution in [0.5, 0.6) is 0 Å². The van der Waals surface area contributed by atoms with Crippen molar-refractivity contribution in [1.82, 2.24) is 14.8 Å². The van der Waals surface area contributed by atoms with Crippen molar-refractivity contribution in [3.63, 3.8) is 0 Å². The van der Waals surface area contributed by atoms with E-state index >= 15 is 0 Å². The number of oxazole rings is 1. The summed E-state index contributed by atoms with van der Waals surface area (Å²) in [4.78, 5) is 41.8. The fourth-order valence-corrected chi connectivity index (χ4v) is 2.76. The van der Waals surface area contributed by atoms with Crippen LogP contribution in [0.15, 0.2) is 27.4 Å². The van der Waals surface area contributed by atoms with Crippen LogP contribution in [0.3, 0.4) is 0 Å². The molecule has 0 bridgehead atoms. The number of nitrogens with one attached hydrogen (secondary N) is 1. The summed E-state index contributed by atoms with van der Waals surface area (Å²) in [7, 11) is 0. The number of nitrogens with zero attached hydrogens (tertiary/aromatic N) is 2. The highest BCUT2D eigenvalue weighted by Crippen LogP contribution is 2.15. The van der Waals surface area contributed by atoms with Gasteiger partial charge in [0.15, 0.2) is 5.58 Å². The molecule has 1 aliphatic heterocycles. The summed E-state index contributed by atoms with van der Waals surface area (Å²) in [6.45, 7) is 5.87. The highest BCUT2D eigenvalue weighted by Gasteiger charge is 2.26. The molecule has 0 spiro atoms. The Hall–Kier alpha value is -2.57. The molecule has 0 radical (unpaired) electrons. The molecule has 1 aromatic carbocycles. The number of carbonyl (C=O) groups excluding carboxylic acids is 2. The van der Waals surface area contributed by atoms with Gasteiger partial charge in [0.2, 0.25) is 5.91 Å². The van der Waals surface area contributed by atoms with Gasteiger partial charge < -0.3 is 14.2 Å². The monoisotopic (exact) mass is 317 g/mol. The van der Waals surface area contributed by atoms with E-state index in [1.165, 1.54) is 0 Å². The molecule has 0 atom stereocenters. The standard InChI is InChI=1S/C16H19N3O4/c1-10(2)14(20)18-5-7-19(8-6-18)15(21)11-3-4-13-12(9-11)17-16(22)23-13/h3-4,9-10H,5-8H2,1-2H3,(H,17,22). The van der Waals surface area contributed by atoms with Crippen molar-refractivity contribution in [3.05, 3.63) is 34.3 Å². The molecule has 0 saturated carbocycles. The molecule has 1 N–H and O–H groups in total. The molecular formula is C16H19N3O4. The van der Waals surface area contributed by atoms with Crippen molar-refractivity contribution in [1.29, 1.82) is 0 Å². The smallest absolute Gasteiger partial charge is 0.408 e. The zero-order chi connectivity index (χ0) is 16.6. The average Bonchev–Trinajstić information content (AvgIpc) is 2.92. The normalized spacial score (nSPS) is 15.4. The second-order valence-corrected chi connectivity index (χ2v) is 6.00. The molecule has 1 saturated heterocycles. The van der Waals surface area contributed by atoms with Crippen LogP contribution in [0.25, 0.3) is 11.1 Å². The van der Waals surface area contributed by atoms with Gasteiger partial charge in [-0.05, 0) is 18.2 Å². The Kier molecular flexibility index (Phi) is 3.94. The summed E-state index contributed by atoms with van der Waals surface area (Å²) in [5, 5.41) is 0. The number of amides is 2. The van der Waals surface area contributed by atoms with E-state index < -0.39 is 5.76 Å². The van der Waals surface area contributed by atoms with Crippen LogP contribution < -0.4 is 5.76 Å². The summed E-state index contributed by atoms with van der Waals surface area (Å²) in [5.41, 5.74) is 1.44. The molecule has 2 amide bonds. The maximum atomic E-state index is 12.6. The van der Waals surface area contributed by atoms with Gasteiger partial charge in [-0.15, -0.1) is 0 Å². The maximum Gasteiger partial charge on any atom is 0.417 e. The molecule has 122 valence electrons. The molecule has 3 rings (SSSR count). The Bertz CT molecular complexity index is 797. The Morgan fingerprint density at radius 3 is 2.43 bits per heavy atom. The van der Waals surface area contributed by atoms with E-state index in [4.69, 9.17) is 4.42 Å². The molecule has 7 heteroatoms. The van der Waals surface area contributed by atoms with Gasteiger partial charge >= 0.3 is 5.76 Å². The first-order chi connectivity index (χ1) is 11.0. The van der Waals surface area contributed by atoms with Crippen LogP contribution in [-0.2, 0) is 4.79 Å². The SMILES string of the molecule is CC(C)C(=O)N1CCN(C(=O)c2ccc3oc(=O)[nH]c3c2)CC1. The van der Waals surface area contributed by atoms with E-state index in [1.54, 1.807) is 28.0 Å². The quantitative estimate of drug-likeness (QED) is 0.897. The molecule has 2 aromatic rings. The summed E-state index contributed by atoms with van der Waals surface area (Å²) in [6.07, 6.45) is 0. The lowest BCUT2D eigenvalue weighted by atomic mass is 10.1. The average molecular weight is 317 g/mol. The predicted molar refractivity (Wildman–Crippen MR) is 84.2 cm³/mol. The van der Waals surface area contributed by atoms with Crippen LogP contribution in [0.4, 0.5) is 0 Å². The van der Waals surface area contributed by atoms with Crippen molar-refractivity contribution < 1.29 is 14.0 Å². The third-order valence-corrected chi connectivity index (χ3v) is 4.04. The van der Waals surface area contributed by atoms with Crippen molar-refractivity contribution in [3.8, 4) is 0 Å². The van der Waals surface area contributed by atoms with E-state index in [-0.39, 0.29) is 17.7 Å². The Morgan fingerprint density at radius 2 is 1.78 bits per heavy atom. The van der Waals surface area contributed by atoms with Gasteiger partial charge in [0.05, 0.1) is 5.52 Å². The van der Waals surface area contributed by atoms with Crippen LogP contribution in [0, 0.1) is 5.92 Å². The molecule has 1 aliphatic rings. The van der Waals surface area contributed by atoms with E-state index in [0.29, 0.717) is 42.8 Å². The minimum absolute atomic E-state index is 0.0300. The Balaban J connectivity index is 1.71. The van der Waals surface area contributed by atoms with Crippen LogP contribution in [-0.4, -0.2) is 52.8 Å². The van der Waals surface area contributed by atoms with Crippen LogP contribution in [0.2, 0.25) is 0 Å². The van der Waals surface area contributed by atoms with Gasteiger partial charge in [-0.3, -0.25) is 14.6 Å². The van der Waals surface area contributed by atoms with Gasteiger partial charge in [-0.25, -0.2) is 4.79 Å². The predicted octanol–water partition coefficient (Wildman–Crippen LogP) is 1.06. The fraction of sp³-hybridized carbons (Fsp3) is 0.438. The topological polar surface area (TPSA) is 86.6 Å². The van der Waals surface area contributed by atoms with Gasteiger partial charge in [-0.2, -0.15) is 0 Å². The summed E-state index contributed by atoms with van der Waals surface area (Å²) in [6, 6.07) is 4.88. The largest absolute Gasteiger partial charge is 0.417 e. The Labute approximate surface area is 132 Å². The van der Waals surface area contributed by atoms with Crippen LogP contribution >= 0.6 is 0 Å². The second kappa shape index (κ2) is 5.91. The molecule has 1 aromatic heterocycles. The third kappa shape index (κ3) is 2.99. The summed E-state index contributed by atoms with van der Waals surface area (Å²) < 4.78 is 4.93. The number of benzene rings is 1. The first-order valence-electron chi connectivity index (χ1n) is 7.66. The highest BCUT2D eigenvalue weighted by molar-refractivity contribution is 5.97. The first-order valence-corrected chi connectivity index (χ1v) is 7.66. The van der Waals surface area contributed by atoms with E-state index in [2.05, 4.69) is 4.98 Å². The van der Waals surface area contributed by atoms with E-state index in [1.807, 2.05) is 13.8 Å². The number of aromatic amines is 1. The summed E-state index contributed by atoms with van der Waals surface area (Å²) >= 11 is 0. The number of piperazine rings is 1. The number of carbonyl (C=O) groups is 2. The highest BCUT2D eigenvalue weighted by atomic mass is 16.4. The first kappa shape index (κ1) is 15.3. The van der Waals surface area contributed by atoms with Crippen molar-refractivity contribution in [2.75, 3.05) is 26.2 Å². The van der Waals surface area contributed by atoms with Crippen molar-refractivity contribution >= 4 is 22.9 Å². The lowest BCUT2D eigenvalue weighted by Crippen LogP contribution is -2.51. The zero-order valence-electron chi connectivity index (χ0n) is 13.2. The maximum absolute atomic E-state index is 12.6. The molecule has 0 unspecified atom stereocenters. The second-order valence-electron chi connectivity index (χ2n) is 6.00. The lowest BCUT2D eigenvalue weighted by molar-refractivity contribution is -0.135. The number of hydrogen-bond donors (Lipinski definition) is 1. The van der Waals surface area contributed by atoms with E-state index in [0.717, 1.165) is 0 Å². The number of aromatic nitrogens is 1. The zero-order valence-corrected chi connectivity index (χ0v) is 13.2.